The Kier molecular flexibility index (Phi) is 31.7. The largest absolute Gasteiger partial charge is 0.494 e. The van der Waals surface area contributed by atoms with Gasteiger partial charge in [-0.2, -0.15) is 23.7 Å². The zero-order valence-electron chi connectivity index (χ0n) is 62.2. The van der Waals surface area contributed by atoms with Gasteiger partial charge in [-0.3, -0.25) is 87.1 Å². The maximum Gasteiger partial charge on any atom is 0.490 e. The molecule has 3 aliphatic heterocycles. The summed E-state index contributed by atoms with van der Waals surface area (Å²) in [5.74, 6) is -15.6. The van der Waals surface area contributed by atoms with Crippen molar-refractivity contribution < 1.29 is 104 Å². The van der Waals surface area contributed by atoms with Crippen LogP contribution in [-0.2, 0) is 33.6 Å². The molecule has 116 heavy (non-hydrogen) atoms. The maximum absolute atomic E-state index is 13.9. The van der Waals surface area contributed by atoms with Crippen molar-refractivity contribution in [3.05, 3.63) is 113 Å². The van der Waals surface area contributed by atoms with Crippen LogP contribution in [0, 0.1) is 22.7 Å². The summed E-state index contributed by atoms with van der Waals surface area (Å²) in [5.41, 5.74) is -1.59. The van der Waals surface area contributed by atoms with Crippen molar-refractivity contribution in [3.63, 3.8) is 0 Å². The number of nitrogens with zero attached hydrogens (tertiary/aromatic N) is 10. The lowest BCUT2D eigenvalue weighted by Crippen LogP contribution is -2.52. The summed E-state index contributed by atoms with van der Waals surface area (Å²) in [5, 5.41) is 76.2. The fourth-order valence-corrected chi connectivity index (χ4v) is 13.0. The number of pyridine rings is 2. The Bertz CT molecular complexity index is 4760. The number of carboxylic acids is 4. The summed E-state index contributed by atoms with van der Waals surface area (Å²) >= 11 is 0. The molecule has 3 saturated heterocycles. The number of alkyl halides is 7. The molecule has 3 fully saturated rings. The van der Waals surface area contributed by atoms with E-state index in [9.17, 15) is 114 Å². The van der Waals surface area contributed by atoms with Crippen molar-refractivity contribution in [1.29, 1.82) is 10.5 Å². The first-order chi connectivity index (χ1) is 55.1. The highest BCUT2D eigenvalue weighted by Gasteiger charge is 2.48. The first-order valence-electron chi connectivity index (χ1n) is 36.6. The minimum absolute atomic E-state index is 0.0105. The molecule has 624 valence electrons. The van der Waals surface area contributed by atoms with Gasteiger partial charge in [-0.1, -0.05) is 0 Å². The molecular formula is C73H84F7N17O19. The van der Waals surface area contributed by atoms with Crippen LogP contribution in [0.15, 0.2) is 80.1 Å². The summed E-state index contributed by atoms with van der Waals surface area (Å²) in [6.07, 6.45) is -2.42. The Morgan fingerprint density at radius 2 is 0.931 bits per heavy atom. The number of unbranched alkanes of at least 4 members (excludes halogenated alkanes) is 2. The molecular weight excluding hydrogens is 1550 g/mol. The average Bonchev–Trinajstić information content (AvgIpc) is 1.22. The molecule has 3 aliphatic rings. The molecule has 0 saturated carbocycles. The minimum Gasteiger partial charge on any atom is -0.494 e. The van der Waals surface area contributed by atoms with Gasteiger partial charge in [-0.05, 0) is 80.6 Å². The van der Waals surface area contributed by atoms with E-state index in [1.807, 2.05) is 4.90 Å². The number of aliphatic carboxylic acids is 4. The Labute approximate surface area is 654 Å². The maximum atomic E-state index is 13.9. The van der Waals surface area contributed by atoms with Gasteiger partial charge in [0.1, 0.15) is 52.4 Å². The lowest BCUT2D eigenvalue weighted by molar-refractivity contribution is -0.192. The predicted molar refractivity (Wildman–Crippen MR) is 399 cm³/mol. The van der Waals surface area contributed by atoms with Gasteiger partial charge in [0.25, 0.3) is 45.4 Å². The zero-order valence-corrected chi connectivity index (χ0v) is 62.2. The van der Waals surface area contributed by atoms with Crippen LogP contribution >= 0.6 is 0 Å². The Hall–Kier alpha value is -12.2. The van der Waals surface area contributed by atoms with Crippen molar-refractivity contribution >= 4 is 98.0 Å². The van der Waals surface area contributed by atoms with Gasteiger partial charge in [0.15, 0.2) is 0 Å². The smallest absolute Gasteiger partial charge is 0.490 e. The van der Waals surface area contributed by atoms with Gasteiger partial charge in [0, 0.05) is 134 Å². The van der Waals surface area contributed by atoms with Gasteiger partial charge in [-0.25, -0.2) is 22.4 Å². The SMILES string of the molecule is N#C[C@@H]1CC(F)(F)CN1C(=O)CNC(=O)c1ccnc2ccc(OCCCCNc3c(NCCNC(=O)CCC(C(=O)O)N4CCN(CC(=O)O)CCN(CCNc5c(NCCCCOc6ccc7nccc(C(=O)NCC(=O)N8CC(F)(F)C[C@H]8C#N)c7c6)c(=O)c5=O)CCN(CC(=O)O)CC4)c(=O)c3=O)cc12.O=C(O)C(F)(F)F. The number of anilines is 4. The summed E-state index contributed by atoms with van der Waals surface area (Å²) in [6.45, 7) is -1.52. The number of halogens is 7. The van der Waals surface area contributed by atoms with E-state index in [1.165, 1.54) is 24.5 Å². The molecule has 5 amide bonds. The van der Waals surface area contributed by atoms with E-state index in [1.54, 1.807) is 63.2 Å². The van der Waals surface area contributed by atoms with E-state index in [4.69, 9.17) is 19.4 Å². The third-order valence-corrected chi connectivity index (χ3v) is 19.0. The second-order valence-corrected chi connectivity index (χ2v) is 27.3. The summed E-state index contributed by atoms with van der Waals surface area (Å²) < 4.78 is 99.3. The first kappa shape index (κ1) is 89.3. The summed E-state index contributed by atoms with van der Waals surface area (Å²) in [4.78, 5) is 179. The Balaban J connectivity index is 0.00000229. The number of nitriles is 2. The number of amides is 5. The average molecular weight is 1640 g/mol. The second-order valence-electron chi connectivity index (χ2n) is 27.3. The number of aromatic nitrogens is 2. The molecule has 0 spiro atoms. The molecule has 9 rings (SSSR count). The Morgan fingerprint density at radius 1 is 0.534 bits per heavy atom. The van der Waals surface area contributed by atoms with Gasteiger partial charge in [0.2, 0.25) is 17.7 Å². The van der Waals surface area contributed by atoms with Crippen molar-refractivity contribution in [2.24, 2.45) is 0 Å². The van der Waals surface area contributed by atoms with Crippen LogP contribution in [0.4, 0.5) is 53.5 Å². The molecule has 11 N–H and O–H groups in total. The van der Waals surface area contributed by atoms with E-state index >= 15 is 0 Å². The number of hydrogen-bond donors (Lipinski definition) is 11. The normalized spacial score (nSPS) is 17.1. The number of likely N-dealkylation sites (tertiary alicyclic amines) is 2. The van der Waals surface area contributed by atoms with Crippen molar-refractivity contribution in [2.75, 3.05) is 165 Å². The molecule has 43 heteroatoms. The second kappa shape index (κ2) is 41.2. The number of carbonyl (C=O) groups is 9. The van der Waals surface area contributed by atoms with Gasteiger partial charge >= 0.3 is 30.1 Å². The summed E-state index contributed by atoms with van der Waals surface area (Å²) in [7, 11) is 0. The molecule has 4 aromatic carbocycles. The molecule has 0 radical (unpaired) electrons. The first-order valence-corrected chi connectivity index (χ1v) is 36.6. The summed E-state index contributed by atoms with van der Waals surface area (Å²) in [6, 6.07) is 12.0. The number of carbonyl (C=O) groups excluding carboxylic acids is 5. The monoisotopic (exact) mass is 1640 g/mol. The lowest BCUT2D eigenvalue weighted by Gasteiger charge is -2.35. The molecule has 3 atom stereocenters. The van der Waals surface area contributed by atoms with Crippen LogP contribution in [-0.4, -0.2) is 293 Å². The van der Waals surface area contributed by atoms with Gasteiger partial charge in [-0.15, -0.1) is 0 Å². The molecule has 0 bridgehead atoms. The molecule has 1 unspecified atom stereocenters. The highest BCUT2D eigenvalue weighted by atomic mass is 19.4. The standard InChI is InChI=1S/C71H83F4N17O17.C2HF3O2/c72-70(73)33-43(35-76)91(41-70)55(94)37-85-67(104)47-11-15-78-51-7-5-45(31-49(47)51)108-29-3-1-13-81-59-61(65(102)63(59)100)83-18-17-80-54(93)10-9-53(69(106)107)90-27-25-88(39-57(96)97)23-21-87(22-24-89(26-28-90)40-58(98)99)20-19-84-62-60(64(101)66(62)103)82-14-2-4-30-109-46-6-8-52-50(32-46)48(12-16-79-52)68(105)86-38-56(95)92-42-71(74,75)34-44(92)36-77;3-2(4,5)1(6)7/h5-8,11-12,15-16,31-32,43-44,53,81-84H,1-4,9-10,13-14,17-30,33-34,37-42H2,(H,80,93)(H,85,104)(H,86,105)(H,96,97)(H,98,99)(H,106,107);(H,6,7)/t43-,44-,53?;/m0./s1. The number of ether oxygens (including phenoxy) is 2. The van der Waals surface area contributed by atoms with Crippen LogP contribution in [0.25, 0.3) is 21.8 Å². The van der Waals surface area contributed by atoms with E-state index < -0.39 is 163 Å². The van der Waals surface area contributed by atoms with Gasteiger partial charge in [0.05, 0.1) is 86.8 Å². The predicted octanol–water partition coefficient (Wildman–Crippen LogP) is 1.39. The van der Waals surface area contributed by atoms with Crippen molar-refractivity contribution in [2.45, 2.75) is 87.5 Å². The fourth-order valence-electron chi connectivity index (χ4n) is 13.0. The van der Waals surface area contributed by atoms with E-state index in [-0.39, 0.29) is 152 Å². The topological polar surface area (TPSA) is 498 Å². The number of rotatable bonds is 37. The van der Waals surface area contributed by atoms with Crippen LogP contribution in [0.3, 0.4) is 0 Å². The third-order valence-electron chi connectivity index (χ3n) is 19.0. The minimum atomic E-state index is -5.08. The van der Waals surface area contributed by atoms with E-state index in [2.05, 4.69) is 47.2 Å². The van der Waals surface area contributed by atoms with Crippen LogP contribution in [0.5, 0.6) is 11.5 Å². The van der Waals surface area contributed by atoms with E-state index in [0.717, 1.165) is 9.80 Å². The van der Waals surface area contributed by atoms with E-state index in [0.29, 0.717) is 59.0 Å². The highest BCUT2D eigenvalue weighted by Crippen LogP contribution is 2.34. The Morgan fingerprint density at radius 3 is 1.33 bits per heavy atom. The number of hydrogen-bond acceptors (Lipinski definition) is 27. The van der Waals surface area contributed by atoms with Crippen molar-refractivity contribution in [1.82, 2.24) is 55.3 Å². The number of benzene rings is 2. The lowest BCUT2D eigenvalue weighted by atomic mass is 10.1. The van der Waals surface area contributed by atoms with Crippen molar-refractivity contribution in [3.8, 4) is 23.6 Å². The highest BCUT2D eigenvalue weighted by molar-refractivity contribution is 6.08. The van der Waals surface area contributed by atoms with Crippen LogP contribution in [0.1, 0.15) is 72.1 Å². The third kappa shape index (κ3) is 25.4. The van der Waals surface area contributed by atoms with Gasteiger partial charge < -0.3 is 76.9 Å². The number of fused-ring (bicyclic) bond motifs is 2. The quantitative estimate of drug-likeness (QED) is 0.0149. The number of carboxylic acid groups (broad SMARTS) is 4. The number of nitrogens with one attached hydrogen (secondary N) is 7. The molecule has 0 aliphatic carbocycles. The molecule has 5 heterocycles. The van der Waals surface area contributed by atoms with Crippen LogP contribution in [0.2, 0.25) is 0 Å². The van der Waals surface area contributed by atoms with Crippen LogP contribution < -0.4 is 68.4 Å². The zero-order chi connectivity index (χ0) is 84.6. The molecule has 6 aromatic rings. The molecule has 2 aromatic heterocycles. The molecule has 36 nitrogen and oxygen atoms in total. The fraction of sp³-hybridized carbons (Fsp3) is 0.493.